The first-order valence-electron chi connectivity index (χ1n) is 23.9. The van der Waals surface area contributed by atoms with Gasteiger partial charge in [0.15, 0.2) is 11.6 Å². The lowest BCUT2D eigenvalue weighted by molar-refractivity contribution is -0.144. The molecule has 63 heavy (non-hydrogen) atoms. The fraction of sp³-hybridized carbons (Fsp3) is 0.812. The summed E-state index contributed by atoms with van der Waals surface area (Å²) in [6.45, 7) is 11.5. The van der Waals surface area contributed by atoms with Crippen molar-refractivity contribution in [3.8, 4) is 0 Å². The zero-order valence-electron chi connectivity index (χ0n) is 38.7. The van der Waals surface area contributed by atoms with E-state index >= 15 is 0 Å². The van der Waals surface area contributed by atoms with Crippen molar-refractivity contribution in [1.82, 2.24) is 9.80 Å². The van der Waals surface area contributed by atoms with E-state index in [1.807, 2.05) is 6.92 Å². The molecular weight excluding hydrogens is 807 g/mol. The summed E-state index contributed by atoms with van der Waals surface area (Å²) in [7, 11) is 0. The number of carbonyl (C=O) groups excluding carboxylic acids is 8. The van der Waals surface area contributed by atoms with Gasteiger partial charge in [-0.05, 0) is 60.2 Å². The summed E-state index contributed by atoms with van der Waals surface area (Å²) in [4.78, 5) is 113. The van der Waals surface area contributed by atoms with Gasteiger partial charge in [-0.25, -0.2) is 0 Å². The van der Waals surface area contributed by atoms with Gasteiger partial charge in [-0.2, -0.15) is 0 Å². The van der Waals surface area contributed by atoms with Gasteiger partial charge in [0.1, 0.15) is 0 Å². The van der Waals surface area contributed by atoms with Crippen molar-refractivity contribution in [2.75, 3.05) is 13.1 Å². The molecule has 4 aliphatic heterocycles. The van der Waals surface area contributed by atoms with Gasteiger partial charge in [-0.3, -0.25) is 43.2 Å². The Labute approximate surface area is 374 Å². The van der Waals surface area contributed by atoms with E-state index in [9.17, 15) is 38.4 Å². The summed E-state index contributed by atoms with van der Waals surface area (Å²) in [6, 6.07) is -1.59. The molecule has 6 fully saturated rings. The summed E-state index contributed by atoms with van der Waals surface area (Å²) >= 11 is 0. The molecule has 0 aromatic carbocycles. The molecule has 0 spiro atoms. The summed E-state index contributed by atoms with van der Waals surface area (Å²) < 4.78 is 0. The first kappa shape index (κ1) is 51.6. The third kappa shape index (κ3) is 12.6. The topological polar surface area (TPSA) is 258 Å². The lowest BCUT2D eigenvalue weighted by Crippen LogP contribution is -2.52. The fourth-order valence-electron chi connectivity index (χ4n) is 11.7. The molecule has 0 bridgehead atoms. The second-order valence-corrected chi connectivity index (χ2v) is 20.7. The lowest BCUT2D eigenvalue weighted by atomic mass is 9.86. The second-order valence-electron chi connectivity index (χ2n) is 20.7. The third-order valence-electron chi connectivity index (χ3n) is 15.8. The maximum atomic E-state index is 13.4. The minimum absolute atomic E-state index is 0.00519. The van der Waals surface area contributed by atoms with Gasteiger partial charge in [0.2, 0.25) is 23.4 Å². The number of piperidine rings is 2. The standard InChI is InChI=1S/C24H38N2O4.C23H37N3O4.CH2O2/c1-15-11-9-7-5-4-6-8-10-12-16(21(28)22(25)29)13-18(27)20-19-17(24(19,2)3)14-26(20)23(15)30;1-23(2)15-13-26-19(18(15)23)17(27)12-14(20(28)21(25)29)10-8-6-4-3-5-7-9-11-16(24)22(26)30;2-1-3/h15-17,19-20H,4-14H2,1-3H3,(H2,25,29);14-16,18-19H,3-13,24H2,1-2H3,(H2,25,29);1H,(H,2,3)/t15-,16+,17-,19-,20+;14-,15+,16+,18+,19-;/m01./s1. The molecule has 0 radical (unpaired) electrons. The van der Waals surface area contributed by atoms with Gasteiger partial charge in [-0.15, -0.1) is 0 Å². The van der Waals surface area contributed by atoms with Crippen LogP contribution >= 0.6 is 0 Å². The molecule has 7 N–H and O–H groups in total. The predicted octanol–water partition coefficient (Wildman–Crippen LogP) is 4.91. The van der Waals surface area contributed by atoms with E-state index in [1.54, 1.807) is 9.80 Å². The smallest absolute Gasteiger partial charge is 0.290 e. The Hall–Kier alpha value is -4.01. The summed E-state index contributed by atoms with van der Waals surface area (Å²) in [5, 5.41) is 6.89. The number of nitrogens with two attached hydrogens (primary N) is 3. The van der Waals surface area contributed by atoms with Crippen LogP contribution in [0.4, 0.5) is 0 Å². The zero-order valence-corrected chi connectivity index (χ0v) is 38.7. The SMILES string of the molecule is CC1(C)[C@@H]2[C@H]3C(=O)C[C@H](C(=O)C(N)=O)CCCCCCCCC[C@H](N)C(=O)N3C[C@@H]21.C[C@H]1CCCCCCCCC[C@@H](C(=O)C(N)=O)CC(=O)[C@@H]2[C@@H]3[C@H](CN2C1=O)C3(C)C.O=CO. The van der Waals surface area contributed by atoms with Crippen LogP contribution in [-0.2, 0) is 43.2 Å². The Morgan fingerprint density at radius 2 is 0.889 bits per heavy atom. The van der Waals surface area contributed by atoms with Crippen LogP contribution in [0.1, 0.15) is 163 Å². The van der Waals surface area contributed by atoms with Crippen molar-refractivity contribution in [1.29, 1.82) is 0 Å². The number of Topliss-reactive ketones (excluding diaryl/α,β-unsaturated/α-hetero) is 4. The summed E-state index contributed by atoms with van der Waals surface area (Å²) in [5.74, 6) is -4.05. The largest absolute Gasteiger partial charge is 0.483 e. The van der Waals surface area contributed by atoms with Crippen LogP contribution in [0, 0.1) is 52.3 Å². The van der Waals surface area contributed by atoms with E-state index in [4.69, 9.17) is 27.1 Å². The molecule has 15 heteroatoms. The average Bonchev–Trinajstić information content (AvgIpc) is 3.68. The van der Waals surface area contributed by atoms with E-state index in [-0.39, 0.29) is 77.2 Å². The van der Waals surface area contributed by atoms with E-state index < -0.39 is 53.3 Å². The number of rotatable bonds is 4. The normalized spacial score (nSPS) is 33.9. The maximum Gasteiger partial charge on any atom is 0.290 e. The lowest BCUT2D eigenvalue weighted by Gasteiger charge is -2.32. The molecule has 0 unspecified atom stereocenters. The van der Waals surface area contributed by atoms with E-state index in [0.717, 1.165) is 96.3 Å². The minimum Gasteiger partial charge on any atom is -0.483 e. The number of hydrogen-bond donors (Lipinski definition) is 4. The molecule has 4 heterocycles. The predicted molar refractivity (Wildman–Crippen MR) is 236 cm³/mol. The van der Waals surface area contributed by atoms with Crippen molar-refractivity contribution in [3.63, 3.8) is 0 Å². The Morgan fingerprint density at radius 3 is 1.25 bits per heavy atom. The van der Waals surface area contributed by atoms with E-state index in [1.165, 1.54) is 0 Å². The van der Waals surface area contributed by atoms with Crippen molar-refractivity contribution >= 4 is 53.2 Å². The highest BCUT2D eigenvalue weighted by atomic mass is 16.3. The number of ketones is 4. The second kappa shape index (κ2) is 22.7. The Balaban J connectivity index is 0.000000260. The molecule has 4 amide bonds. The number of hydrogen-bond acceptors (Lipinski definition) is 10. The van der Waals surface area contributed by atoms with Crippen LogP contribution in [0.3, 0.4) is 0 Å². The molecule has 2 aliphatic carbocycles. The van der Waals surface area contributed by atoms with Gasteiger partial charge >= 0.3 is 0 Å². The van der Waals surface area contributed by atoms with Gasteiger partial charge < -0.3 is 32.1 Å². The third-order valence-corrected chi connectivity index (χ3v) is 15.8. The van der Waals surface area contributed by atoms with Crippen molar-refractivity contribution in [2.45, 2.75) is 181 Å². The van der Waals surface area contributed by atoms with E-state index in [0.29, 0.717) is 38.3 Å². The number of carboxylic acid groups (broad SMARTS) is 1. The van der Waals surface area contributed by atoms with Gasteiger partial charge in [-0.1, -0.05) is 125 Å². The first-order valence-corrected chi connectivity index (χ1v) is 23.9. The molecule has 10 atom stereocenters. The quantitative estimate of drug-likeness (QED) is 0.218. The minimum atomic E-state index is -0.979. The van der Waals surface area contributed by atoms with Gasteiger partial charge in [0, 0.05) is 43.7 Å². The molecule has 0 aromatic rings. The van der Waals surface area contributed by atoms with Gasteiger partial charge in [0.25, 0.3) is 18.3 Å². The zero-order chi connectivity index (χ0) is 46.8. The highest BCUT2D eigenvalue weighted by Crippen LogP contribution is 2.66. The molecule has 354 valence electrons. The van der Waals surface area contributed by atoms with Crippen molar-refractivity contribution in [3.05, 3.63) is 0 Å². The van der Waals surface area contributed by atoms with Crippen LogP contribution in [0.15, 0.2) is 0 Å². The Bertz CT molecular complexity index is 1580. The van der Waals surface area contributed by atoms with Crippen LogP contribution in [0.2, 0.25) is 0 Å². The number of amides is 4. The highest BCUT2D eigenvalue weighted by Gasteiger charge is 2.70. The average molecular weight is 884 g/mol. The molecule has 0 aromatic heterocycles. The number of nitrogens with zero attached hydrogens (tertiary/aromatic N) is 2. The number of carbonyl (C=O) groups is 9. The van der Waals surface area contributed by atoms with Crippen LogP contribution in [-0.4, -0.2) is 99.4 Å². The van der Waals surface area contributed by atoms with Crippen LogP contribution in [0.25, 0.3) is 0 Å². The highest BCUT2D eigenvalue weighted by molar-refractivity contribution is 6.37. The fourth-order valence-corrected chi connectivity index (χ4v) is 11.7. The Kier molecular flexibility index (Phi) is 18.6. The summed E-state index contributed by atoms with van der Waals surface area (Å²) in [6.07, 6.45) is 16.9. The molecule has 15 nitrogen and oxygen atoms in total. The molecular formula is C48H77N5O10. The maximum absolute atomic E-state index is 13.4. The van der Waals surface area contributed by atoms with Gasteiger partial charge in [0.05, 0.1) is 18.1 Å². The molecule has 6 aliphatic rings. The van der Waals surface area contributed by atoms with Crippen molar-refractivity contribution in [2.24, 2.45) is 69.5 Å². The number of primary amides is 2. The van der Waals surface area contributed by atoms with E-state index in [2.05, 4.69) is 27.7 Å². The monoisotopic (exact) mass is 884 g/mol. The van der Waals surface area contributed by atoms with Crippen LogP contribution in [0.5, 0.6) is 0 Å². The van der Waals surface area contributed by atoms with Crippen molar-refractivity contribution < 1.29 is 48.3 Å². The molecule has 4 saturated heterocycles. The van der Waals surface area contributed by atoms with Crippen LogP contribution < -0.4 is 17.2 Å². The summed E-state index contributed by atoms with van der Waals surface area (Å²) in [5.41, 5.74) is 16.8. The number of fused-ring (bicyclic) bond motifs is 6. The Morgan fingerprint density at radius 1 is 0.571 bits per heavy atom. The molecule has 6 rings (SSSR count). The molecule has 2 saturated carbocycles. The first-order chi connectivity index (χ1) is 29.7.